The van der Waals surface area contributed by atoms with Gasteiger partial charge in [-0.1, -0.05) is 19.8 Å². The monoisotopic (exact) mass is 199 g/mol. The molecule has 2 N–H and O–H groups in total. The van der Waals surface area contributed by atoms with E-state index in [9.17, 15) is 4.79 Å². The third kappa shape index (κ3) is 2.98. The number of nitrogens with one attached hydrogen (secondary N) is 1. The molecule has 0 aromatic heterocycles. The van der Waals surface area contributed by atoms with Gasteiger partial charge in [0.25, 0.3) is 0 Å². The molecule has 0 spiro atoms. The second-order valence-electron chi connectivity index (χ2n) is 4.33. The highest BCUT2D eigenvalue weighted by Crippen LogP contribution is 2.29. The summed E-state index contributed by atoms with van der Waals surface area (Å²) in [6.07, 6.45) is 5.47. The number of carbonyl (C=O) groups is 1. The largest absolute Gasteiger partial charge is 0.480 e. The van der Waals surface area contributed by atoms with Crippen molar-refractivity contribution < 1.29 is 9.90 Å². The summed E-state index contributed by atoms with van der Waals surface area (Å²) in [5.41, 5.74) is 0. The molecular weight excluding hydrogens is 178 g/mol. The van der Waals surface area contributed by atoms with Crippen molar-refractivity contribution in [3.8, 4) is 0 Å². The fourth-order valence-corrected chi connectivity index (χ4v) is 1.96. The van der Waals surface area contributed by atoms with E-state index in [4.69, 9.17) is 5.11 Å². The molecule has 3 heteroatoms. The van der Waals surface area contributed by atoms with Crippen LogP contribution in [0.5, 0.6) is 0 Å². The van der Waals surface area contributed by atoms with Crippen LogP contribution in [0.4, 0.5) is 0 Å². The van der Waals surface area contributed by atoms with Crippen LogP contribution in [0, 0.1) is 5.92 Å². The molecule has 1 aliphatic rings. The standard InChI is InChI=1S/C11H21NO2/c1-3-5-10(11(13)14)12-8(2)9-6-4-7-9/h8-10,12H,3-7H2,1-2H3,(H,13,14). The summed E-state index contributed by atoms with van der Waals surface area (Å²) in [7, 11) is 0. The lowest BCUT2D eigenvalue weighted by Gasteiger charge is -2.33. The van der Waals surface area contributed by atoms with Gasteiger partial charge in [0.2, 0.25) is 0 Å². The van der Waals surface area contributed by atoms with Gasteiger partial charge >= 0.3 is 5.97 Å². The van der Waals surface area contributed by atoms with Crippen LogP contribution in [0.25, 0.3) is 0 Å². The van der Waals surface area contributed by atoms with E-state index in [1.165, 1.54) is 19.3 Å². The molecule has 1 fully saturated rings. The van der Waals surface area contributed by atoms with Crippen LogP contribution in [-0.4, -0.2) is 23.2 Å². The van der Waals surface area contributed by atoms with Crippen LogP contribution in [0.1, 0.15) is 46.0 Å². The Labute approximate surface area is 85.9 Å². The summed E-state index contributed by atoms with van der Waals surface area (Å²) in [6, 6.07) is 0.00648. The summed E-state index contributed by atoms with van der Waals surface area (Å²) in [5.74, 6) is -0.00766. The Kier molecular flexibility index (Phi) is 4.39. The zero-order valence-corrected chi connectivity index (χ0v) is 9.12. The van der Waals surface area contributed by atoms with E-state index in [0.717, 1.165) is 12.8 Å². The van der Waals surface area contributed by atoms with Crippen molar-refractivity contribution in [2.24, 2.45) is 5.92 Å². The summed E-state index contributed by atoms with van der Waals surface area (Å²) in [4.78, 5) is 10.9. The van der Waals surface area contributed by atoms with Crippen molar-refractivity contribution in [1.82, 2.24) is 5.32 Å². The third-order valence-electron chi connectivity index (χ3n) is 3.20. The molecular formula is C11H21NO2. The normalized spacial score (nSPS) is 21.3. The van der Waals surface area contributed by atoms with E-state index < -0.39 is 5.97 Å². The van der Waals surface area contributed by atoms with Gasteiger partial charge in [0.1, 0.15) is 6.04 Å². The van der Waals surface area contributed by atoms with E-state index in [2.05, 4.69) is 12.2 Å². The first-order chi connectivity index (χ1) is 6.65. The van der Waals surface area contributed by atoms with Gasteiger partial charge in [-0.15, -0.1) is 0 Å². The molecule has 0 aromatic carbocycles. The maximum absolute atomic E-state index is 10.9. The Hall–Kier alpha value is -0.570. The minimum Gasteiger partial charge on any atom is -0.480 e. The van der Waals surface area contributed by atoms with Crippen molar-refractivity contribution in [3.63, 3.8) is 0 Å². The van der Waals surface area contributed by atoms with E-state index in [-0.39, 0.29) is 6.04 Å². The number of rotatable bonds is 6. The first-order valence-corrected chi connectivity index (χ1v) is 5.64. The lowest BCUT2D eigenvalue weighted by atomic mass is 9.80. The van der Waals surface area contributed by atoms with Crippen molar-refractivity contribution in [2.45, 2.75) is 58.0 Å². The van der Waals surface area contributed by atoms with Gasteiger partial charge < -0.3 is 10.4 Å². The maximum atomic E-state index is 10.9. The molecule has 2 unspecified atom stereocenters. The second kappa shape index (κ2) is 5.35. The van der Waals surface area contributed by atoms with Crippen LogP contribution in [0.3, 0.4) is 0 Å². The van der Waals surface area contributed by atoms with E-state index >= 15 is 0 Å². The molecule has 2 atom stereocenters. The topological polar surface area (TPSA) is 49.3 Å². The molecule has 0 aliphatic heterocycles. The number of hydrogen-bond donors (Lipinski definition) is 2. The lowest BCUT2D eigenvalue weighted by Crippen LogP contribution is -2.46. The predicted octanol–water partition coefficient (Wildman–Crippen LogP) is 2.02. The summed E-state index contributed by atoms with van der Waals surface area (Å²) < 4.78 is 0. The quantitative estimate of drug-likeness (QED) is 0.688. The first kappa shape index (κ1) is 11.5. The molecule has 82 valence electrons. The maximum Gasteiger partial charge on any atom is 0.320 e. The molecule has 0 heterocycles. The highest BCUT2D eigenvalue weighted by atomic mass is 16.4. The Morgan fingerprint density at radius 2 is 2.21 bits per heavy atom. The van der Waals surface area contributed by atoms with Gasteiger partial charge in [0.05, 0.1) is 0 Å². The molecule has 0 bridgehead atoms. The van der Waals surface area contributed by atoms with Crippen LogP contribution < -0.4 is 5.32 Å². The van der Waals surface area contributed by atoms with E-state index in [0.29, 0.717) is 12.0 Å². The van der Waals surface area contributed by atoms with Gasteiger partial charge in [-0.25, -0.2) is 0 Å². The van der Waals surface area contributed by atoms with Gasteiger partial charge in [-0.05, 0) is 32.1 Å². The molecule has 0 saturated heterocycles. The summed E-state index contributed by atoms with van der Waals surface area (Å²) in [5, 5.41) is 12.2. The fourth-order valence-electron chi connectivity index (χ4n) is 1.96. The highest BCUT2D eigenvalue weighted by Gasteiger charge is 2.27. The average molecular weight is 199 g/mol. The Morgan fingerprint density at radius 3 is 2.57 bits per heavy atom. The predicted molar refractivity (Wildman–Crippen MR) is 56.3 cm³/mol. The fraction of sp³-hybridized carbons (Fsp3) is 0.909. The molecule has 0 amide bonds. The second-order valence-corrected chi connectivity index (χ2v) is 4.33. The number of hydrogen-bond acceptors (Lipinski definition) is 2. The Balaban J connectivity index is 2.33. The number of aliphatic carboxylic acids is 1. The zero-order valence-electron chi connectivity index (χ0n) is 9.12. The summed E-state index contributed by atoms with van der Waals surface area (Å²) in [6.45, 7) is 4.13. The summed E-state index contributed by atoms with van der Waals surface area (Å²) >= 11 is 0. The van der Waals surface area contributed by atoms with Gasteiger partial charge in [-0.3, -0.25) is 4.79 Å². The highest BCUT2D eigenvalue weighted by molar-refractivity contribution is 5.73. The molecule has 1 rings (SSSR count). The van der Waals surface area contributed by atoms with Crippen molar-refractivity contribution in [1.29, 1.82) is 0 Å². The third-order valence-corrected chi connectivity index (χ3v) is 3.20. The zero-order chi connectivity index (χ0) is 10.6. The van der Waals surface area contributed by atoms with Crippen LogP contribution >= 0.6 is 0 Å². The number of carboxylic acids is 1. The molecule has 0 aromatic rings. The first-order valence-electron chi connectivity index (χ1n) is 5.64. The van der Waals surface area contributed by atoms with Gasteiger partial charge in [-0.2, -0.15) is 0 Å². The van der Waals surface area contributed by atoms with Crippen LogP contribution in [-0.2, 0) is 4.79 Å². The van der Waals surface area contributed by atoms with Gasteiger partial charge in [0, 0.05) is 6.04 Å². The van der Waals surface area contributed by atoms with Gasteiger partial charge in [0.15, 0.2) is 0 Å². The lowest BCUT2D eigenvalue weighted by molar-refractivity contribution is -0.140. The van der Waals surface area contributed by atoms with E-state index in [1.807, 2.05) is 6.92 Å². The average Bonchev–Trinajstić information content (AvgIpc) is 1.99. The van der Waals surface area contributed by atoms with Crippen molar-refractivity contribution in [2.75, 3.05) is 0 Å². The smallest absolute Gasteiger partial charge is 0.320 e. The molecule has 14 heavy (non-hydrogen) atoms. The molecule has 1 saturated carbocycles. The van der Waals surface area contributed by atoms with Crippen LogP contribution in [0.2, 0.25) is 0 Å². The van der Waals surface area contributed by atoms with Crippen LogP contribution in [0.15, 0.2) is 0 Å². The minimum atomic E-state index is -0.710. The van der Waals surface area contributed by atoms with Crippen molar-refractivity contribution >= 4 is 5.97 Å². The SMILES string of the molecule is CCCC(NC(C)C1CCC1)C(=O)O. The number of carboxylic acid groups (broad SMARTS) is 1. The Bertz CT molecular complexity index is 190. The van der Waals surface area contributed by atoms with E-state index in [1.54, 1.807) is 0 Å². The molecule has 3 nitrogen and oxygen atoms in total. The van der Waals surface area contributed by atoms with Crippen molar-refractivity contribution in [3.05, 3.63) is 0 Å². The Morgan fingerprint density at radius 1 is 1.57 bits per heavy atom. The molecule has 1 aliphatic carbocycles. The molecule has 0 radical (unpaired) electrons. The minimum absolute atomic E-state index is 0.351.